The Hall–Kier alpha value is -1.01. The third-order valence-corrected chi connectivity index (χ3v) is 1.37. The minimum atomic E-state index is -1.69. The zero-order chi connectivity index (χ0) is 9.14. The molecule has 4 N–H and O–H groups in total. The lowest BCUT2D eigenvalue weighted by Crippen LogP contribution is -2.02. The van der Waals surface area contributed by atoms with Crippen LogP contribution in [0.5, 0.6) is 0 Å². The number of aliphatic hydroxyl groups is 4. The molecule has 0 unspecified atom stereocenters. The van der Waals surface area contributed by atoms with Crippen molar-refractivity contribution >= 4 is 0 Å². The summed E-state index contributed by atoms with van der Waals surface area (Å²) in [6, 6.07) is 2.58. The molecule has 66 valence electrons. The second-order valence-electron chi connectivity index (χ2n) is 2.26. The third kappa shape index (κ3) is 1.99. The highest BCUT2D eigenvalue weighted by atomic mass is 16.5. The van der Waals surface area contributed by atoms with Crippen LogP contribution in [0.1, 0.15) is 23.8 Å². The number of hydrogen-bond acceptors (Lipinski definition) is 5. The van der Waals surface area contributed by atoms with Gasteiger partial charge >= 0.3 is 0 Å². The van der Waals surface area contributed by atoms with Crippen molar-refractivity contribution in [3.8, 4) is 0 Å². The van der Waals surface area contributed by atoms with E-state index in [4.69, 9.17) is 20.4 Å². The number of aliphatic hydroxyl groups excluding tert-OH is 2. The molecular formula is C7H9NO4. The van der Waals surface area contributed by atoms with Crippen molar-refractivity contribution in [1.82, 2.24) is 4.98 Å². The van der Waals surface area contributed by atoms with Crippen LogP contribution in [0.25, 0.3) is 0 Å². The van der Waals surface area contributed by atoms with E-state index in [0.29, 0.717) is 0 Å². The first kappa shape index (κ1) is 9.08. The predicted molar refractivity (Wildman–Crippen MR) is 38.6 cm³/mol. The summed E-state index contributed by atoms with van der Waals surface area (Å²) in [4.78, 5) is 3.60. The summed E-state index contributed by atoms with van der Waals surface area (Å²) >= 11 is 0. The number of rotatable bonds is 2. The summed E-state index contributed by atoms with van der Waals surface area (Å²) in [5.74, 6) is 0. The predicted octanol–water partition coefficient (Wildman–Crippen LogP) is -0.952. The van der Waals surface area contributed by atoms with E-state index in [2.05, 4.69) is 4.98 Å². The molecule has 0 saturated heterocycles. The highest BCUT2D eigenvalue weighted by Crippen LogP contribution is 2.13. The van der Waals surface area contributed by atoms with Crippen molar-refractivity contribution in [3.63, 3.8) is 0 Å². The van der Waals surface area contributed by atoms with Crippen LogP contribution in [-0.2, 0) is 0 Å². The van der Waals surface area contributed by atoms with E-state index in [0.717, 1.165) is 0 Å². The van der Waals surface area contributed by atoms with Crippen molar-refractivity contribution < 1.29 is 20.4 Å². The quantitative estimate of drug-likeness (QED) is 0.430. The van der Waals surface area contributed by atoms with Crippen molar-refractivity contribution in [2.75, 3.05) is 0 Å². The standard InChI is InChI=1S/C7H9NO4/c9-6(10)4-1-2-8-5(3-4)7(11)12/h1-3,6-7,9-12H. The van der Waals surface area contributed by atoms with Gasteiger partial charge in [-0.1, -0.05) is 0 Å². The van der Waals surface area contributed by atoms with E-state index in [1.54, 1.807) is 0 Å². The molecule has 0 aliphatic carbocycles. The molecule has 1 aromatic heterocycles. The van der Waals surface area contributed by atoms with E-state index in [9.17, 15) is 0 Å². The second-order valence-corrected chi connectivity index (χ2v) is 2.26. The summed E-state index contributed by atoms with van der Waals surface area (Å²) < 4.78 is 0. The van der Waals surface area contributed by atoms with Gasteiger partial charge in [0.15, 0.2) is 12.6 Å². The largest absolute Gasteiger partial charge is 0.364 e. The van der Waals surface area contributed by atoms with Crippen LogP contribution in [0.3, 0.4) is 0 Å². The molecule has 0 saturated carbocycles. The smallest absolute Gasteiger partial charge is 0.196 e. The lowest BCUT2D eigenvalue weighted by atomic mass is 10.2. The number of pyridine rings is 1. The van der Waals surface area contributed by atoms with Gasteiger partial charge in [0.2, 0.25) is 0 Å². The van der Waals surface area contributed by atoms with Crippen LogP contribution in [0.15, 0.2) is 18.3 Å². The Morgan fingerprint density at radius 3 is 2.25 bits per heavy atom. The molecule has 0 spiro atoms. The summed E-state index contributed by atoms with van der Waals surface area (Å²) in [5, 5.41) is 34.7. The number of nitrogens with zero attached hydrogens (tertiary/aromatic N) is 1. The van der Waals surface area contributed by atoms with Crippen LogP contribution in [0.4, 0.5) is 0 Å². The van der Waals surface area contributed by atoms with Crippen LogP contribution in [0.2, 0.25) is 0 Å². The molecule has 0 radical (unpaired) electrons. The Kier molecular flexibility index (Phi) is 2.72. The minimum absolute atomic E-state index is 0.0133. The SMILES string of the molecule is OC(O)c1ccnc(C(O)O)c1. The van der Waals surface area contributed by atoms with Gasteiger partial charge in [0.25, 0.3) is 0 Å². The van der Waals surface area contributed by atoms with E-state index in [-0.39, 0.29) is 11.3 Å². The number of hydrogen-bond donors (Lipinski definition) is 4. The average molecular weight is 171 g/mol. The Labute approximate surface area is 68.6 Å². The Bertz CT molecular complexity index is 238. The van der Waals surface area contributed by atoms with E-state index in [1.807, 2.05) is 0 Å². The highest BCUT2D eigenvalue weighted by Gasteiger charge is 2.07. The first-order chi connectivity index (χ1) is 5.61. The number of aromatic nitrogens is 1. The van der Waals surface area contributed by atoms with Crippen LogP contribution in [0, 0.1) is 0 Å². The fourth-order valence-electron chi connectivity index (χ4n) is 0.767. The van der Waals surface area contributed by atoms with Crippen molar-refractivity contribution in [2.24, 2.45) is 0 Å². The fourth-order valence-corrected chi connectivity index (χ4v) is 0.767. The van der Waals surface area contributed by atoms with Gasteiger partial charge in [-0.15, -0.1) is 0 Å². The zero-order valence-electron chi connectivity index (χ0n) is 6.12. The Balaban J connectivity index is 2.96. The van der Waals surface area contributed by atoms with Crippen LogP contribution >= 0.6 is 0 Å². The molecule has 0 atom stereocenters. The van der Waals surface area contributed by atoms with Gasteiger partial charge in [-0.25, -0.2) is 0 Å². The third-order valence-electron chi connectivity index (χ3n) is 1.37. The maximum Gasteiger partial charge on any atom is 0.196 e. The Morgan fingerprint density at radius 2 is 1.75 bits per heavy atom. The fraction of sp³-hybridized carbons (Fsp3) is 0.286. The molecular weight excluding hydrogens is 162 g/mol. The van der Waals surface area contributed by atoms with Crippen molar-refractivity contribution in [1.29, 1.82) is 0 Å². The monoisotopic (exact) mass is 171 g/mol. The van der Waals surface area contributed by atoms with E-state index >= 15 is 0 Å². The van der Waals surface area contributed by atoms with Gasteiger partial charge in [0.05, 0.1) is 5.69 Å². The molecule has 12 heavy (non-hydrogen) atoms. The lowest BCUT2D eigenvalue weighted by Gasteiger charge is -2.06. The van der Waals surface area contributed by atoms with Gasteiger partial charge in [0, 0.05) is 11.8 Å². The Morgan fingerprint density at radius 1 is 1.08 bits per heavy atom. The summed E-state index contributed by atoms with van der Waals surface area (Å²) in [7, 11) is 0. The molecule has 0 amide bonds. The van der Waals surface area contributed by atoms with Gasteiger partial charge in [-0.3, -0.25) is 4.98 Å². The molecule has 0 aromatic carbocycles. The summed E-state index contributed by atoms with van der Waals surface area (Å²) in [5.41, 5.74) is 0.161. The van der Waals surface area contributed by atoms with Gasteiger partial charge in [-0.05, 0) is 12.1 Å². The molecule has 5 heteroatoms. The average Bonchev–Trinajstić information content (AvgIpc) is 2.04. The summed E-state index contributed by atoms with van der Waals surface area (Å²) in [6.45, 7) is 0. The molecule has 0 aliphatic heterocycles. The van der Waals surface area contributed by atoms with Gasteiger partial charge in [-0.2, -0.15) is 0 Å². The topological polar surface area (TPSA) is 93.8 Å². The molecule has 0 bridgehead atoms. The second kappa shape index (κ2) is 3.59. The normalized spacial score (nSPS) is 11.2. The maximum absolute atomic E-state index is 8.69. The first-order valence-electron chi connectivity index (χ1n) is 3.29. The van der Waals surface area contributed by atoms with Gasteiger partial charge < -0.3 is 20.4 Å². The zero-order valence-corrected chi connectivity index (χ0v) is 6.12. The lowest BCUT2D eigenvalue weighted by molar-refractivity contribution is -0.0498. The highest BCUT2D eigenvalue weighted by molar-refractivity contribution is 5.17. The molecule has 5 nitrogen and oxygen atoms in total. The molecule has 0 aliphatic rings. The van der Waals surface area contributed by atoms with Gasteiger partial charge in [0.1, 0.15) is 0 Å². The minimum Gasteiger partial charge on any atom is -0.364 e. The van der Waals surface area contributed by atoms with E-state index in [1.165, 1.54) is 18.3 Å². The first-order valence-corrected chi connectivity index (χ1v) is 3.29. The summed E-state index contributed by atoms with van der Waals surface area (Å²) in [6.07, 6.45) is -2.04. The molecule has 1 rings (SSSR count). The maximum atomic E-state index is 8.69. The van der Waals surface area contributed by atoms with Crippen molar-refractivity contribution in [3.05, 3.63) is 29.6 Å². The molecule has 1 heterocycles. The molecule has 1 aromatic rings. The van der Waals surface area contributed by atoms with Crippen LogP contribution < -0.4 is 0 Å². The molecule has 0 fully saturated rings. The van der Waals surface area contributed by atoms with Crippen molar-refractivity contribution in [2.45, 2.75) is 12.6 Å². The van der Waals surface area contributed by atoms with Crippen LogP contribution in [-0.4, -0.2) is 25.4 Å². The van der Waals surface area contributed by atoms with E-state index < -0.39 is 12.6 Å².